The van der Waals surface area contributed by atoms with Crippen LogP contribution in [0, 0.1) is 0 Å². The third-order valence-corrected chi connectivity index (χ3v) is 4.97. The quantitative estimate of drug-likeness (QED) is 0.723. The molecular formula is C18H18F2N4O2S. The molecule has 6 nitrogen and oxygen atoms in total. The molecule has 1 heterocycles. The minimum absolute atomic E-state index is 0.0654. The van der Waals surface area contributed by atoms with Crippen molar-refractivity contribution in [3.05, 3.63) is 60.3 Å². The molecule has 3 aromatic rings. The maximum absolute atomic E-state index is 13.2. The topological polar surface area (TPSA) is 81.2 Å². The number of alkyl halides is 2. The van der Waals surface area contributed by atoms with Gasteiger partial charge in [-0.2, -0.15) is 5.10 Å². The molecule has 0 saturated carbocycles. The Morgan fingerprint density at radius 1 is 1.04 bits per heavy atom. The monoisotopic (exact) mass is 392 g/mol. The van der Waals surface area contributed by atoms with E-state index in [-0.39, 0.29) is 10.6 Å². The van der Waals surface area contributed by atoms with E-state index in [4.69, 9.17) is 5.14 Å². The summed E-state index contributed by atoms with van der Waals surface area (Å²) >= 11 is 0. The zero-order valence-corrected chi connectivity index (χ0v) is 15.5. The highest BCUT2D eigenvalue weighted by Crippen LogP contribution is 2.29. The van der Waals surface area contributed by atoms with Gasteiger partial charge in [0.2, 0.25) is 10.0 Å². The van der Waals surface area contributed by atoms with Crippen LogP contribution < -0.4 is 10.0 Å². The van der Waals surface area contributed by atoms with Gasteiger partial charge in [0.15, 0.2) is 0 Å². The van der Waals surface area contributed by atoms with Crippen LogP contribution in [0.3, 0.4) is 0 Å². The molecule has 0 aliphatic rings. The highest BCUT2D eigenvalue weighted by atomic mass is 32.2. The fraction of sp³-hybridized carbons (Fsp3) is 0.167. The lowest BCUT2D eigenvalue weighted by molar-refractivity contribution is 0.145. The van der Waals surface area contributed by atoms with E-state index in [9.17, 15) is 17.2 Å². The Kier molecular flexibility index (Phi) is 4.99. The van der Waals surface area contributed by atoms with Crippen molar-refractivity contribution in [3.63, 3.8) is 0 Å². The highest BCUT2D eigenvalue weighted by Gasteiger charge is 2.18. The first-order valence-corrected chi connectivity index (χ1v) is 9.50. The smallest absolute Gasteiger partial charge is 0.282 e. The number of rotatable bonds is 5. The SMILES string of the molecule is CN(C)c1ccc(-c2cc(C(F)F)nn2-c2ccc(S(N)(=O)=O)cc2)cc1. The second-order valence-electron chi connectivity index (χ2n) is 6.15. The number of anilines is 1. The van der Waals surface area contributed by atoms with Gasteiger partial charge in [0, 0.05) is 25.3 Å². The minimum atomic E-state index is -3.84. The summed E-state index contributed by atoms with van der Waals surface area (Å²) in [4.78, 5) is 1.86. The largest absolute Gasteiger partial charge is 0.378 e. The van der Waals surface area contributed by atoms with Crippen LogP contribution in [0.5, 0.6) is 0 Å². The summed E-state index contributed by atoms with van der Waals surface area (Å²) in [7, 11) is -0.0316. The second kappa shape index (κ2) is 7.09. The lowest BCUT2D eigenvalue weighted by Gasteiger charge is -2.13. The van der Waals surface area contributed by atoms with Crippen LogP contribution in [0.15, 0.2) is 59.5 Å². The molecule has 1 aromatic heterocycles. The van der Waals surface area contributed by atoms with E-state index < -0.39 is 16.4 Å². The Bertz CT molecular complexity index is 1040. The molecule has 0 amide bonds. The highest BCUT2D eigenvalue weighted by molar-refractivity contribution is 7.89. The molecule has 2 aromatic carbocycles. The van der Waals surface area contributed by atoms with Crippen molar-refractivity contribution in [3.8, 4) is 16.9 Å². The number of nitrogens with zero attached hydrogens (tertiary/aromatic N) is 3. The number of hydrogen-bond acceptors (Lipinski definition) is 4. The molecule has 3 rings (SSSR count). The normalized spacial score (nSPS) is 11.8. The Labute approximate surface area is 155 Å². The van der Waals surface area contributed by atoms with E-state index in [1.165, 1.54) is 35.0 Å². The molecule has 0 bridgehead atoms. The number of benzene rings is 2. The minimum Gasteiger partial charge on any atom is -0.378 e. The van der Waals surface area contributed by atoms with Crippen LogP contribution in [0.25, 0.3) is 16.9 Å². The van der Waals surface area contributed by atoms with Gasteiger partial charge >= 0.3 is 0 Å². The van der Waals surface area contributed by atoms with Crippen molar-refractivity contribution >= 4 is 15.7 Å². The number of aromatic nitrogens is 2. The number of hydrogen-bond donors (Lipinski definition) is 1. The Balaban J connectivity index is 2.09. The van der Waals surface area contributed by atoms with E-state index in [1.54, 1.807) is 0 Å². The van der Waals surface area contributed by atoms with E-state index in [1.807, 2.05) is 43.3 Å². The summed E-state index contributed by atoms with van der Waals surface area (Å²) in [6, 6.07) is 14.3. The van der Waals surface area contributed by atoms with Gasteiger partial charge in [0.05, 0.1) is 16.3 Å². The fourth-order valence-electron chi connectivity index (χ4n) is 2.62. The average molecular weight is 392 g/mol. The summed E-state index contributed by atoms with van der Waals surface area (Å²) in [5.74, 6) is 0. The molecule has 27 heavy (non-hydrogen) atoms. The summed E-state index contributed by atoms with van der Waals surface area (Å²) in [5.41, 5.74) is 2.23. The summed E-state index contributed by atoms with van der Waals surface area (Å²) < 4.78 is 50.6. The first kappa shape index (κ1) is 19.0. The van der Waals surface area contributed by atoms with Gasteiger partial charge in [-0.05, 0) is 42.5 Å². The molecule has 9 heteroatoms. The standard InChI is InChI=1S/C18H18F2N4O2S/c1-23(2)13-5-3-12(4-6-13)17-11-16(18(19)20)22-24(17)14-7-9-15(10-8-14)27(21,25)26/h3-11,18H,1-2H3,(H2,21,25,26). The molecule has 0 saturated heterocycles. The van der Waals surface area contributed by atoms with Gasteiger partial charge in [0.25, 0.3) is 6.43 Å². The Morgan fingerprint density at radius 2 is 1.63 bits per heavy atom. The Morgan fingerprint density at radius 3 is 2.11 bits per heavy atom. The Hall–Kier alpha value is -2.78. The lowest BCUT2D eigenvalue weighted by Crippen LogP contribution is -2.12. The van der Waals surface area contributed by atoms with Crippen molar-refractivity contribution in [2.75, 3.05) is 19.0 Å². The van der Waals surface area contributed by atoms with E-state index >= 15 is 0 Å². The van der Waals surface area contributed by atoms with Crippen molar-refractivity contribution in [1.29, 1.82) is 0 Å². The summed E-state index contributed by atoms with van der Waals surface area (Å²) in [6.45, 7) is 0. The van der Waals surface area contributed by atoms with Crippen LogP contribution >= 0.6 is 0 Å². The van der Waals surface area contributed by atoms with Gasteiger partial charge in [-0.15, -0.1) is 0 Å². The second-order valence-corrected chi connectivity index (χ2v) is 7.71. The van der Waals surface area contributed by atoms with Gasteiger partial charge < -0.3 is 4.90 Å². The first-order valence-electron chi connectivity index (χ1n) is 7.96. The van der Waals surface area contributed by atoms with Crippen molar-refractivity contribution < 1.29 is 17.2 Å². The molecule has 142 valence electrons. The van der Waals surface area contributed by atoms with Crippen LogP contribution in [-0.2, 0) is 10.0 Å². The third-order valence-electron chi connectivity index (χ3n) is 4.04. The van der Waals surface area contributed by atoms with Gasteiger partial charge in [-0.3, -0.25) is 0 Å². The summed E-state index contributed by atoms with van der Waals surface area (Å²) in [5, 5.41) is 9.08. The maximum Gasteiger partial charge on any atom is 0.282 e. The zero-order chi connectivity index (χ0) is 19.8. The maximum atomic E-state index is 13.2. The van der Waals surface area contributed by atoms with E-state index in [2.05, 4.69) is 5.10 Å². The van der Waals surface area contributed by atoms with E-state index in [0.717, 1.165) is 5.69 Å². The number of halogens is 2. The van der Waals surface area contributed by atoms with Gasteiger partial charge in [-0.1, -0.05) is 12.1 Å². The van der Waals surface area contributed by atoms with Crippen molar-refractivity contribution in [1.82, 2.24) is 9.78 Å². The van der Waals surface area contributed by atoms with Crippen LogP contribution in [0.2, 0.25) is 0 Å². The number of nitrogens with two attached hydrogens (primary N) is 1. The molecule has 0 fully saturated rings. The molecule has 0 aliphatic heterocycles. The van der Waals surface area contributed by atoms with Crippen molar-refractivity contribution in [2.45, 2.75) is 11.3 Å². The number of sulfonamides is 1. The molecule has 0 unspecified atom stereocenters. The fourth-order valence-corrected chi connectivity index (χ4v) is 3.13. The predicted octanol–water partition coefficient (Wildman–Crippen LogP) is 3.19. The molecule has 0 aliphatic carbocycles. The first-order chi connectivity index (χ1) is 12.7. The van der Waals surface area contributed by atoms with Gasteiger partial charge in [-0.25, -0.2) is 27.0 Å². The summed E-state index contributed by atoms with van der Waals surface area (Å²) in [6.07, 6.45) is -2.73. The molecular weight excluding hydrogens is 374 g/mol. The third kappa shape index (κ3) is 3.99. The van der Waals surface area contributed by atoms with Crippen LogP contribution in [0.1, 0.15) is 12.1 Å². The predicted molar refractivity (Wildman–Crippen MR) is 99.7 cm³/mol. The lowest BCUT2D eigenvalue weighted by atomic mass is 10.1. The molecule has 0 radical (unpaired) electrons. The van der Waals surface area contributed by atoms with Crippen molar-refractivity contribution in [2.24, 2.45) is 5.14 Å². The average Bonchev–Trinajstić information content (AvgIpc) is 3.07. The van der Waals surface area contributed by atoms with Gasteiger partial charge in [0.1, 0.15) is 5.69 Å². The van der Waals surface area contributed by atoms with E-state index in [0.29, 0.717) is 16.9 Å². The van der Waals surface area contributed by atoms with Crippen LogP contribution in [-0.4, -0.2) is 32.3 Å². The molecule has 2 N–H and O–H groups in total. The number of primary sulfonamides is 1. The zero-order valence-electron chi connectivity index (χ0n) is 14.7. The molecule has 0 atom stereocenters. The van der Waals surface area contributed by atoms with Crippen LogP contribution in [0.4, 0.5) is 14.5 Å². The molecule has 0 spiro atoms.